The van der Waals surface area contributed by atoms with Gasteiger partial charge in [0.05, 0.1) is 12.2 Å². The van der Waals surface area contributed by atoms with Crippen LogP contribution in [0.2, 0.25) is 0 Å². The van der Waals surface area contributed by atoms with Crippen LogP contribution >= 0.6 is 0 Å². The lowest BCUT2D eigenvalue weighted by atomic mass is 9.81. The molecule has 3 aromatic rings. The number of rotatable bonds is 8. The van der Waals surface area contributed by atoms with Crippen LogP contribution in [-0.2, 0) is 22.4 Å². The van der Waals surface area contributed by atoms with Crippen LogP contribution in [0.1, 0.15) is 78.8 Å². The third-order valence-electron chi connectivity index (χ3n) is 8.17. The Morgan fingerprint density at radius 1 is 1.02 bits per heavy atom. The molecule has 1 amide bonds. The van der Waals surface area contributed by atoms with Crippen molar-refractivity contribution in [1.29, 1.82) is 0 Å². The monoisotopic (exact) mass is 594 g/mol. The normalized spacial score (nSPS) is 17.3. The summed E-state index contributed by atoms with van der Waals surface area (Å²) in [6.07, 6.45) is 2.04. The van der Waals surface area contributed by atoms with E-state index in [1.807, 2.05) is 39.8 Å². The first-order valence-corrected chi connectivity index (χ1v) is 14.5. The Labute approximate surface area is 248 Å². The first-order chi connectivity index (χ1) is 20.5. The van der Waals surface area contributed by atoms with E-state index < -0.39 is 53.7 Å². The summed E-state index contributed by atoms with van der Waals surface area (Å²) in [6, 6.07) is 7.83. The van der Waals surface area contributed by atoms with Crippen molar-refractivity contribution in [3.05, 3.63) is 92.4 Å². The van der Waals surface area contributed by atoms with Crippen LogP contribution in [0.5, 0.6) is 5.75 Å². The Kier molecular flexibility index (Phi) is 8.64. The fourth-order valence-electron chi connectivity index (χ4n) is 6.18. The van der Waals surface area contributed by atoms with E-state index in [2.05, 4.69) is 5.10 Å². The van der Waals surface area contributed by atoms with E-state index in [0.717, 1.165) is 6.20 Å². The number of ether oxygens (including phenoxy) is 2. The van der Waals surface area contributed by atoms with Gasteiger partial charge in [0.15, 0.2) is 5.69 Å². The van der Waals surface area contributed by atoms with Gasteiger partial charge in [-0.1, -0.05) is 38.1 Å². The highest BCUT2D eigenvalue weighted by Crippen LogP contribution is 2.45. The minimum atomic E-state index is -0.866. The molecule has 2 heterocycles. The summed E-state index contributed by atoms with van der Waals surface area (Å²) in [5, 5.41) is 4.37. The summed E-state index contributed by atoms with van der Waals surface area (Å²) < 4.78 is 42.7. The van der Waals surface area contributed by atoms with E-state index in [9.17, 15) is 14.4 Å². The number of benzene rings is 2. The average molecular weight is 595 g/mol. The number of amides is 1. The standard InChI is InChI=1S/C32H36F2N4O5/c1-17(2)13-25(35)32(41)43-16-42-30-27(39)14-36-38-26(15-37(18(3)4)31(40)29(30)38)28-21-7-5-9-23(33)19(21)11-12-20-22(28)8-6-10-24(20)34/h5-10,14,17-18,25-26,28H,11-13,15-16,35H2,1-4H3/t25-,26+/m0/s1. The summed E-state index contributed by atoms with van der Waals surface area (Å²) in [6.45, 7) is 7.04. The lowest BCUT2D eigenvalue weighted by Gasteiger charge is -2.41. The highest BCUT2D eigenvalue weighted by Gasteiger charge is 2.43. The van der Waals surface area contributed by atoms with Crippen LogP contribution in [0.4, 0.5) is 8.78 Å². The van der Waals surface area contributed by atoms with Crippen molar-refractivity contribution in [2.24, 2.45) is 11.7 Å². The van der Waals surface area contributed by atoms with Gasteiger partial charge in [-0.05, 0) is 73.4 Å². The highest BCUT2D eigenvalue weighted by atomic mass is 19.1. The summed E-state index contributed by atoms with van der Waals surface area (Å²) in [5.41, 5.74) is 7.37. The second-order valence-corrected chi connectivity index (χ2v) is 11.8. The van der Waals surface area contributed by atoms with Gasteiger partial charge in [0.1, 0.15) is 17.7 Å². The van der Waals surface area contributed by atoms with Crippen molar-refractivity contribution in [3.63, 3.8) is 0 Å². The van der Waals surface area contributed by atoms with Crippen LogP contribution in [0.25, 0.3) is 0 Å². The van der Waals surface area contributed by atoms with Gasteiger partial charge in [-0.25, -0.2) is 8.78 Å². The number of aromatic nitrogens is 2. The van der Waals surface area contributed by atoms with Crippen LogP contribution in [0, 0.1) is 17.6 Å². The lowest BCUT2D eigenvalue weighted by molar-refractivity contribution is -0.152. The Hall–Kier alpha value is -4.12. The Bertz CT molecular complexity index is 1550. The van der Waals surface area contributed by atoms with E-state index in [-0.39, 0.29) is 29.9 Å². The zero-order chi connectivity index (χ0) is 31.0. The predicted molar refractivity (Wildman–Crippen MR) is 155 cm³/mol. The molecule has 5 rings (SSSR count). The molecule has 2 aliphatic rings. The van der Waals surface area contributed by atoms with Crippen LogP contribution in [0.15, 0.2) is 47.4 Å². The molecule has 0 fully saturated rings. The molecular weight excluding hydrogens is 558 g/mol. The van der Waals surface area contributed by atoms with Crippen molar-refractivity contribution < 1.29 is 27.8 Å². The molecule has 2 aromatic carbocycles. The molecule has 0 saturated carbocycles. The zero-order valence-corrected chi connectivity index (χ0v) is 24.7. The summed E-state index contributed by atoms with van der Waals surface area (Å²) in [7, 11) is 0. The molecule has 11 heteroatoms. The number of hydrogen-bond acceptors (Lipinski definition) is 7. The highest BCUT2D eigenvalue weighted by molar-refractivity contribution is 5.96. The largest absolute Gasteiger partial charge is 0.451 e. The van der Waals surface area contributed by atoms with Gasteiger partial charge >= 0.3 is 5.97 Å². The Morgan fingerprint density at radius 3 is 2.19 bits per heavy atom. The number of halogens is 2. The van der Waals surface area contributed by atoms with Gasteiger partial charge in [-0.15, -0.1) is 0 Å². The van der Waals surface area contributed by atoms with E-state index in [0.29, 0.717) is 41.5 Å². The molecule has 228 valence electrons. The van der Waals surface area contributed by atoms with Gasteiger partial charge < -0.3 is 20.1 Å². The number of esters is 1. The number of carbonyl (C=O) groups excluding carboxylic acids is 2. The number of carbonyl (C=O) groups is 2. The molecule has 1 aliphatic heterocycles. The lowest BCUT2D eigenvalue weighted by Crippen LogP contribution is -2.50. The Balaban J connectivity index is 1.62. The maximum absolute atomic E-state index is 15.2. The fourth-order valence-corrected chi connectivity index (χ4v) is 6.18. The first-order valence-electron chi connectivity index (χ1n) is 14.5. The fraction of sp³-hybridized carbons (Fsp3) is 0.438. The third kappa shape index (κ3) is 5.78. The van der Waals surface area contributed by atoms with Gasteiger partial charge in [0.2, 0.25) is 18.0 Å². The zero-order valence-electron chi connectivity index (χ0n) is 24.7. The minimum Gasteiger partial charge on any atom is -0.451 e. The molecule has 1 aliphatic carbocycles. The van der Waals surface area contributed by atoms with E-state index in [4.69, 9.17) is 15.2 Å². The maximum Gasteiger partial charge on any atom is 0.325 e. The quantitative estimate of drug-likeness (QED) is 0.308. The van der Waals surface area contributed by atoms with Gasteiger partial charge in [-0.2, -0.15) is 5.10 Å². The molecule has 0 radical (unpaired) electrons. The van der Waals surface area contributed by atoms with Gasteiger partial charge in [0, 0.05) is 18.5 Å². The smallest absolute Gasteiger partial charge is 0.325 e. The summed E-state index contributed by atoms with van der Waals surface area (Å²) in [5.74, 6) is -2.74. The van der Waals surface area contributed by atoms with Gasteiger partial charge in [0.25, 0.3) is 5.91 Å². The average Bonchev–Trinajstić information content (AvgIpc) is 3.12. The molecule has 1 aromatic heterocycles. The number of nitrogens with zero attached hydrogens (tertiary/aromatic N) is 3. The second-order valence-electron chi connectivity index (χ2n) is 11.8. The van der Waals surface area contributed by atoms with Crippen molar-refractivity contribution >= 4 is 11.9 Å². The number of fused-ring (bicyclic) bond motifs is 3. The Morgan fingerprint density at radius 2 is 1.63 bits per heavy atom. The molecular formula is C32H36F2N4O5. The van der Waals surface area contributed by atoms with E-state index >= 15 is 8.78 Å². The molecule has 9 nitrogen and oxygen atoms in total. The van der Waals surface area contributed by atoms with E-state index in [1.54, 1.807) is 17.0 Å². The first kappa shape index (κ1) is 30.3. The van der Waals surface area contributed by atoms with Crippen LogP contribution < -0.4 is 15.9 Å². The number of hydrogen-bond donors (Lipinski definition) is 1. The van der Waals surface area contributed by atoms with Crippen molar-refractivity contribution in [3.8, 4) is 5.75 Å². The predicted octanol–water partition coefficient (Wildman–Crippen LogP) is 4.11. The second kappa shape index (κ2) is 12.2. The molecule has 0 unspecified atom stereocenters. The third-order valence-corrected chi connectivity index (χ3v) is 8.17. The molecule has 0 spiro atoms. The number of nitrogens with two attached hydrogens (primary N) is 1. The van der Waals surface area contributed by atoms with Gasteiger partial charge in [-0.3, -0.25) is 19.1 Å². The van der Waals surface area contributed by atoms with Crippen molar-refractivity contribution in [1.82, 2.24) is 14.7 Å². The summed E-state index contributed by atoms with van der Waals surface area (Å²) >= 11 is 0. The van der Waals surface area contributed by atoms with Crippen LogP contribution in [-0.4, -0.2) is 52.0 Å². The van der Waals surface area contributed by atoms with Crippen molar-refractivity contribution in [2.75, 3.05) is 13.3 Å². The molecule has 0 saturated heterocycles. The molecule has 0 bridgehead atoms. The van der Waals surface area contributed by atoms with E-state index in [1.165, 1.54) is 16.8 Å². The summed E-state index contributed by atoms with van der Waals surface area (Å²) in [4.78, 5) is 40.9. The SMILES string of the molecule is CC(C)C[C@H](N)C(=O)OCOc1c2n(ncc1=O)[C@@H](C1c3cccc(F)c3CCc3c(F)cccc31)CN(C(C)C)C2=O. The van der Waals surface area contributed by atoms with Crippen molar-refractivity contribution in [2.45, 2.75) is 71.0 Å². The molecule has 43 heavy (non-hydrogen) atoms. The molecule has 2 N–H and O–H groups in total. The maximum atomic E-state index is 15.2. The topological polar surface area (TPSA) is 117 Å². The molecule has 2 atom stereocenters. The van der Waals surface area contributed by atoms with Crippen LogP contribution in [0.3, 0.4) is 0 Å². The minimum absolute atomic E-state index is 0.125.